The van der Waals surface area contributed by atoms with Crippen LogP contribution >= 0.6 is 0 Å². The van der Waals surface area contributed by atoms with E-state index in [2.05, 4.69) is 15.5 Å². The second-order valence-corrected chi connectivity index (χ2v) is 13.4. The third-order valence-electron chi connectivity index (χ3n) is 7.70. The number of nitrogens with one attached hydrogen (secondary N) is 1. The first-order chi connectivity index (χ1) is 27.1. The molecule has 0 aliphatic carbocycles. The fourth-order valence-electron chi connectivity index (χ4n) is 4.34. The largest absolute Gasteiger partial charge is 0.488 e. The van der Waals surface area contributed by atoms with Crippen LogP contribution in [0.2, 0.25) is 0 Å². The maximum absolute atomic E-state index is 12.4. The normalized spacial score (nSPS) is 20.9. The zero-order valence-corrected chi connectivity index (χ0v) is 32.5. The molecular formula is C33H58N6O16. The second-order valence-electron chi connectivity index (χ2n) is 13.4. The van der Waals surface area contributed by atoms with E-state index >= 15 is 0 Å². The predicted octanol–water partition coefficient (Wildman–Crippen LogP) is -0.712. The number of carboxylic acids is 1. The number of urea groups is 1. The summed E-state index contributed by atoms with van der Waals surface area (Å²) in [7, 11) is 9.82. The molecule has 2 aliphatic heterocycles. The molecule has 0 radical (unpaired) electrons. The van der Waals surface area contributed by atoms with Gasteiger partial charge in [0.25, 0.3) is 2.86 Å². The molecule has 0 unspecified atom stereocenters. The van der Waals surface area contributed by atoms with Crippen molar-refractivity contribution in [3.8, 4) is 11.5 Å². The lowest BCUT2D eigenvalue weighted by Gasteiger charge is -2.38. The first-order valence-electron chi connectivity index (χ1n) is 18.0. The number of rotatable bonds is 12. The zero-order chi connectivity index (χ0) is 44.9. The van der Waals surface area contributed by atoms with E-state index in [-0.39, 0.29) is 37.0 Å². The molecular weight excluding hydrogens is 736 g/mol. The van der Waals surface area contributed by atoms with Crippen molar-refractivity contribution in [1.29, 1.82) is 2.86 Å². The number of hydrogen-bond donors (Lipinski definition) is 7. The minimum atomic E-state index is -1.89. The lowest BCUT2D eigenvalue weighted by Crippen LogP contribution is -2.61. The third kappa shape index (κ3) is 17.0. The van der Waals surface area contributed by atoms with Gasteiger partial charge >= 0.3 is 30.3 Å². The average molecular weight is 798 g/mol. The van der Waals surface area contributed by atoms with E-state index in [1.54, 1.807) is 30.0 Å². The number of carboxylic acid groups (broad SMARTS) is 3. The van der Waals surface area contributed by atoms with Gasteiger partial charge in [-0.3, -0.25) is 0 Å². The highest BCUT2D eigenvalue weighted by atomic mass is 16.7. The van der Waals surface area contributed by atoms with E-state index in [1.807, 2.05) is 34.9 Å². The van der Waals surface area contributed by atoms with Crippen LogP contribution in [0.5, 0.6) is 11.5 Å². The van der Waals surface area contributed by atoms with Crippen molar-refractivity contribution in [1.82, 2.24) is 29.8 Å². The Morgan fingerprint density at radius 2 is 1.49 bits per heavy atom. The monoisotopic (exact) mass is 797 g/mol. The van der Waals surface area contributed by atoms with Gasteiger partial charge in [0.2, 0.25) is 7.72 Å². The Morgan fingerprint density at radius 3 is 1.96 bits per heavy atom. The number of aliphatic carboxylic acids is 1. The van der Waals surface area contributed by atoms with Crippen LogP contribution in [0.15, 0.2) is 18.2 Å². The second kappa shape index (κ2) is 23.1. The van der Waals surface area contributed by atoms with Crippen LogP contribution in [-0.4, -0.2) is 209 Å². The van der Waals surface area contributed by atoms with Gasteiger partial charge < -0.3 is 84.9 Å². The number of amides is 5. The quantitative estimate of drug-likeness (QED) is 0.137. The molecule has 9 N–H and O–H groups in total. The highest BCUT2D eigenvalue weighted by Gasteiger charge is 2.48. The van der Waals surface area contributed by atoms with Crippen LogP contribution in [0.25, 0.3) is 2.86 Å². The molecule has 0 aromatic heterocycles. The molecule has 0 bridgehead atoms. The van der Waals surface area contributed by atoms with E-state index < -0.39 is 60.6 Å². The number of ether oxygens (including phenoxy) is 4. The first-order valence-corrected chi connectivity index (χ1v) is 16.7. The van der Waals surface area contributed by atoms with Crippen LogP contribution in [0.3, 0.4) is 0 Å². The van der Waals surface area contributed by atoms with E-state index in [1.165, 1.54) is 36.0 Å². The summed E-state index contributed by atoms with van der Waals surface area (Å²) < 4.78 is 39.6. The maximum Gasteiger partial charge on any atom is 0.409 e. The Bertz CT molecular complexity index is 1440. The van der Waals surface area contributed by atoms with E-state index in [4.69, 9.17) is 28.7 Å². The number of benzene rings is 1. The van der Waals surface area contributed by atoms with Crippen LogP contribution in [0.1, 0.15) is 27.8 Å². The Balaban J connectivity index is 0.00000132. The minimum absolute atomic E-state index is 0.00286. The third-order valence-corrected chi connectivity index (χ3v) is 7.70. The summed E-state index contributed by atoms with van der Waals surface area (Å²) in [5.74, 6) is -1.23. The lowest BCUT2D eigenvalue weighted by atomic mass is 9.99. The van der Waals surface area contributed by atoms with Crippen molar-refractivity contribution in [2.75, 3.05) is 81.6 Å². The molecule has 316 valence electrons. The summed E-state index contributed by atoms with van der Waals surface area (Å²) in [5, 5.41) is 50.1. The zero-order valence-electron chi connectivity index (χ0n) is 35.5. The van der Waals surface area contributed by atoms with Crippen molar-refractivity contribution in [2.24, 2.45) is 0 Å². The van der Waals surface area contributed by atoms with Gasteiger partial charge in [0.1, 0.15) is 42.0 Å². The van der Waals surface area contributed by atoms with Crippen molar-refractivity contribution in [2.45, 2.75) is 63.7 Å². The van der Waals surface area contributed by atoms with E-state index in [9.17, 15) is 44.4 Å². The van der Waals surface area contributed by atoms with Gasteiger partial charge in [-0.1, -0.05) is 0 Å². The number of likely N-dealkylation sites (N-methyl/N-ethyl adjacent to an activating group) is 6. The van der Waals surface area contributed by atoms with Crippen LogP contribution < -0.4 is 14.8 Å². The van der Waals surface area contributed by atoms with Crippen molar-refractivity contribution in [3.05, 3.63) is 23.8 Å². The number of hydrogen-bond acceptors (Lipinski definition) is 15. The van der Waals surface area contributed by atoms with Crippen LogP contribution in [0, 0.1) is 0 Å². The summed E-state index contributed by atoms with van der Waals surface area (Å²) in [6.07, 6.45) is -11.4. The Hall–Kier alpha value is -4.87. The molecule has 5 atom stereocenters. The molecule has 1 aromatic carbocycles. The van der Waals surface area contributed by atoms with Gasteiger partial charge in [0.05, 0.1) is 0 Å². The van der Waals surface area contributed by atoms with Crippen LogP contribution in [0.4, 0.5) is 19.2 Å². The predicted molar refractivity (Wildman–Crippen MR) is 194 cm³/mol. The van der Waals surface area contributed by atoms with Gasteiger partial charge in [-0.2, -0.15) is 0 Å². The minimum Gasteiger partial charge on any atom is -0.488 e. The number of aliphatic hydroxyl groups is 3. The molecule has 2 aliphatic rings. The molecule has 5 amide bonds. The van der Waals surface area contributed by atoms with Crippen molar-refractivity contribution in [3.63, 3.8) is 0 Å². The highest BCUT2D eigenvalue weighted by molar-refractivity contribution is 5.75. The molecule has 3 rings (SSSR count). The van der Waals surface area contributed by atoms with Gasteiger partial charge in [0, 0.05) is 86.1 Å². The number of aliphatic hydroxyl groups excluding tert-OH is 3. The molecule has 22 heteroatoms. The number of nitrogens with zero attached hydrogens (tertiary/aromatic N) is 5. The fraction of sp³-hybridized carbons (Fsp3) is 0.667. The van der Waals surface area contributed by atoms with E-state index in [0.29, 0.717) is 18.8 Å². The van der Waals surface area contributed by atoms with Gasteiger partial charge in [-0.25, -0.2) is 24.0 Å². The van der Waals surface area contributed by atoms with Gasteiger partial charge in [-0.05, 0) is 40.0 Å². The number of carbonyl (C=O) groups is 5. The average Bonchev–Trinajstić information content (AvgIpc) is 3.48. The molecule has 2 fully saturated rings. The summed E-state index contributed by atoms with van der Waals surface area (Å²) in [4.78, 5) is 63.5. The first kappa shape index (κ1) is 44.5. The Labute approximate surface area is 324 Å². The smallest absolute Gasteiger partial charge is 0.409 e. The Kier molecular flexibility index (Phi) is 18.7. The molecule has 0 spiro atoms. The summed E-state index contributed by atoms with van der Waals surface area (Å²) >= 11 is 0. The van der Waals surface area contributed by atoms with Gasteiger partial charge in [0.15, 0.2) is 6.10 Å². The van der Waals surface area contributed by atoms with Crippen molar-refractivity contribution >= 4 is 30.3 Å². The molecule has 2 heterocycles. The summed E-state index contributed by atoms with van der Waals surface area (Å²) in [6.45, 7) is 8.24. The van der Waals surface area contributed by atoms with Crippen LogP contribution in [-0.2, 0) is 20.9 Å². The molecule has 0 saturated carbocycles. The van der Waals surface area contributed by atoms with Gasteiger partial charge in [-0.15, -0.1) is 0 Å². The summed E-state index contributed by atoms with van der Waals surface area (Å²) in [6, 6.07) is 4.66. The lowest BCUT2D eigenvalue weighted by molar-refractivity contribution is -0.271. The standard InChI is InChI=1S/C23H34N2O12.C5H12N2O2.C5H10N2O.H2O/c1-23(2,3)37-13-7-6-12(11-34-22(33)25(5)9-8-24(4)21(31)32)14(10-13)35-20-17(28)15(26)16(27)18(36-20)19(29)30;1-6-3-4-7(2)5(8)9;1-6-3-4-7(2)5(6)8;/h6-7,10,15-18,20,26-28H,8-9,11H2,1-5H3,(H,29,30)(H,31,32);6H,3-4H2,1-2H3,(H,8,9);3-4H2,1-2H3;1H2/t15-,16-,17+,18-,20+;;;/m0.../s1/i/hD3. The highest BCUT2D eigenvalue weighted by Crippen LogP contribution is 2.32. The number of carbonyl (C=O) groups excluding carboxylic acids is 2. The topological polar surface area (TPSA) is 303 Å². The van der Waals surface area contributed by atoms with Crippen molar-refractivity contribution < 1.29 is 80.5 Å². The maximum atomic E-state index is 12.4. The molecule has 2 saturated heterocycles. The fourth-order valence-corrected chi connectivity index (χ4v) is 4.34. The SMILES string of the molecule is CN1CCN(C)C1=O.[2H]O.[2H]OC(=O)N(C)CCN(C)C(=O)OCc1ccc(OC(C)(C)C)cc1O[C@@H]1O[C@H](C(=O)O)[C@@H](O)[C@H](O)[C@H]1O.[2H]OC(=O)N(C)CCNC. The molecule has 22 nitrogen and oxygen atoms in total. The summed E-state index contributed by atoms with van der Waals surface area (Å²) in [5.41, 5.74) is 5.94. The molecule has 55 heavy (non-hydrogen) atoms. The Morgan fingerprint density at radius 1 is 0.945 bits per heavy atom. The molecule has 1 aromatic rings. The van der Waals surface area contributed by atoms with E-state index in [0.717, 1.165) is 18.0 Å².